The maximum Gasteiger partial charge on any atom is 0.224 e. The predicted molar refractivity (Wildman–Crippen MR) is 111 cm³/mol. The van der Waals surface area contributed by atoms with E-state index in [9.17, 15) is 18.3 Å². The van der Waals surface area contributed by atoms with E-state index in [4.69, 9.17) is 4.74 Å². The zero-order chi connectivity index (χ0) is 22.2. The largest absolute Gasteiger partial charge is 0.393 e. The molecule has 2 aromatic heterocycles. The highest BCUT2D eigenvalue weighted by molar-refractivity contribution is 5.76. The van der Waals surface area contributed by atoms with Crippen LogP contribution in [0.25, 0.3) is 11.2 Å². The van der Waals surface area contributed by atoms with Gasteiger partial charge in [-0.05, 0) is 32.1 Å². The van der Waals surface area contributed by atoms with Crippen molar-refractivity contribution in [2.45, 2.75) is 50.3 Å². The Morgan fingerprint density at radius 2 is 1.78 bits per heavy atom. The van der Waals surface area contributed by atoms with Gasteiger partial charge in [-0.15, -0.1) is 0 Å². The van der Waals surface area contributed by atoms with Gasteiger partial charge in [0.25, 0.3) is 0 Å². The molecule has 0 bridgehead atoms. The number of aliphatic hydroxyl groups excluding tert-OH is 1. The molecule has 2 fully saturated rings. The van der Waals surface area contributed by atoms with Crippen LogP contribution in [0.15, 0.2) is 18.3 Å². The van der Waals surface area contributed by atoms with Gasteiger partial charge in [0.15, 0.2) is 17.3 Å². The van der Waals surface area contributed by atoms with E-state index in [0.29, 0.717) is 48.9 Å². The second-order valence-corrected chi connectivity index (χ2v) is 8.24. The van der Waals surface area contributed by atoms with Crippen LogP contribution in [0.5, 0.6) is 0 Å². The number of aliphatic hydroxyl groups is 1. The van der Waals surface area contributed by atoms with E-state index in [1.54, 1.807) is 10.8 Å². The van der Waals surface area contributed by atoms with Crippen LogP contribution in [-0.2, 0) is 4.74 Å². The van der Waals surface area contributed by atoms with Gasteiger partial charge >= 0.3 is 0 Å². The highest BCUT2D eigenvalue weighted by Gasteiger charge is 2.27. The standard InChI is InChI=1S/C21H23F3N6O2/c22-11-7-15(23)18(16(24)8-11)28-21-27-17-9-25-20(26-12-1-3-14(31)4-2-12)29-19(17)30(21)13-5-6-32-10-13/h7-9,12-14,31H,1-6,10H2,(H,27,28)(H,25,26,29)/t12?,13-,14?/m1/s1/i5+1,6+1,10+1,13+1,30+1. The quantitative estimate of drug-likeness (QED) is 0.508. The lowest BCUT2D eigenvalue weighted by molar-refractivity contribution is 0.126. The van der Waals surface area contributed by atoms with Crippen LogP contribution in [0.1, 0.15) is 38.1 Å². The number of nitrogens with one attached hydrogen (secondary N) is 2. The SMILES string of the molecule is OC1CCC(Nc2ncc3nc(Nc4c(F)cc(F)cc4F)[15n]([13C@@H]4[13CH2][13CH2]O[13CH2]4)c3n2)CC1. The van der Waals surface area contributed by atoms with Crippen LogP contribution in [0.4, 0.5) is 30.8 Å². The number of ether oxygens (including phenoxy) is 1. The molecule has 3 aromatic rings. The number of rotatable bonds is 5. The average Bonchev–Trinajstić information content (AvgIpc) is 3.39. The van der Waals surface area contributed by atoms with Gasteiger partial charge in [0.2, 0.25) is 11.9 Å². The summed E-state index contributed by atoms with van der Waals surface area (Å²) in [7, 11) is 0. The molecule has 3 heterocycles. The van der Waals surface area contributed by atoms with Crippen LogP contribution >= 0.6 is 0 Å². The van der Waals surface area contributed by atoms with Crippen LogP contribution in [0.2, 0.25) is 0 Å². The third-order valence-corrected chi connectivity index (χ3v) is 5.98. The van der Waals surface area contributed by atoms with Crippen LogP contribution < -0.4 is 10.6 Å². The van der Waals surface area contributed by atoms with E-state index in [2.05, 4.69) is 25.6 Å². The summed E-state index contributed by atoms with van der Waals surface area (Å²) in [6.07, 6.45) is 5.04. The van der Waals surface area contributed by atoms with Crippen LogP contribution in [-0.4, -0.2) is 50.0 Å². The molecule has 32 heavy (non-hydrogen) atoms. The van der Waals surface area contributed by atoms with Crippen molar-refractivity contribution in [1.29, 1.82) is 0 Å². The summed E-state index contributed by atoms with van der Waals surface area (Å²) in [6, 6.07) is 1.24. The van der Waals surface area contributed by atoms with Gasteiger partial charge in [-0.3, -0.25) is 4.57 Å². The summed E-state index contributed by atoms with van der Waals surface area (Å²) >= 11 is 0. The van der Waals surface area contributed by atoms with E-state index in [1.165, 1.54) is 0 Å². The predicted octanol–water partition coefficient (Wildman–Crippen LogP) is 3.66. The lowest BCUT2D eigenvalue weighted by atomic mass is 9.93. The average molecular weight is 453 g/mol. The van der Waals surface area contributed by atoms with Crippen molar-refractivity contribution in [3.63, 3.8) is 0 Å². The second-order valence-electron chi connectivity index (χ2n) is 8.24. The molecule has 8 nitrogen and oxygen atoms in total. The Morgan fingerprint density at radius 3 is 2.47 bits per heavy atom. The monoisotopic (exact) mass is 453 g/mol. The number of benzene rings is 1. The number of imidazole rings is 1. The molecular formula is C21H23F3N6O2. The van der Waals surface area contributed by atoms with E-state index in [0.717, 1.165) is 25.7 Å². The van der Waals surface area contributed by atoms with E-state index < -0.39 is 23.1 Å². The Hall–Kier alpha value is -2.92. The Kier molecular flexibility index (Phi) is 5.60. The molecule has 0 amide bonds. The fourth-order valence-electron chi connectivity index (χ4n) is 4.30. The van der Waals surface area contributed by atoms with Gasteiger partial charge in [0, 0.05) is 24.8 Å². The topological polar surface area (TPSA) is 97.1 Å². The number of hydrogen-bond donors (Lipinski definition) is 3. The third kappa shape index (κ3) is 4.09. The highest BCUT2D eigenvalue weighted by atomic mass is 19.1. The number of anilines is 3. The number of halogens is 3. The van der Waals surface area contributed by atoms with Crippen LogP contribution in [0.3, 0.4) is 0 Å². The maximum atomic E-state index is 14.3. The van der Waals surface area contributed by atoms with Gasteiger partial charge in [0.1, 0.15) is 17.0 Å². The molecule has 1 aliphatic carbocycles. The number of fused-ring (bicyclic) bond motifs is 1. The Bertz CT molecular complexity index is 1100. The van der Waals surface area contributed by atoms with Gasteiger partial charge in [-0.2, -0.15) is 4.98 Å². The zero-order valence-electron chi connectivity index (χ0n) is 17.2. The number of hydrogen-bond acceptors (Lipinski definition) is 7. The molecule has 0 radical (unpaired) electrons. The molecule has 1 saturated carbocycles. The fraction of sp³-hybridized carbons (Fsp3) is 0.476. The zero-order valence-corrected chi connectivity index (χ0v) is 17.2. The molecule has 5 rings (SSSR count). The first-order valence-corrected chi connectivity index (χ1v) is 10.7. The molecular weight excluding hydrogens is 430 g/mol. The molecule has 2 aliphatic rings. The lowest BCUT2D eigenvalue weighted by Gasteiger charge is -2.26. The lowest BCUT2D eigenvalue weighted by Crippen LogP contribution is -2.29. The fourth-order valence-corrected chi connectivity index (χ4v) is 4.30. The molecule has 1 aliphatic heterocycles. The van der Waals surface area contributed by atoms with Crippen molar-refractivity contribution in [3.05, 3.63) is 35.8 Å². The van der Waals surface area contributed by atoms with Crippen LogP contribution in [0, 0.1) is 17.5 Å². The Labute approximate surface area is 181 Å². The van der Waals surface area contributed by atoms with Gasteiger partial charge in [0.05, 0.1) is 24.9 Å². The summed E-state index contributed by atoms with van der Waals surface area (Å²) in [5.41, 5.74) is 0.458. The first-order chi connectivity index (χ1) is 15.5. The van der Waals surface area contributed by atoms with Crippen molar-refractivity contribution in [1.82, 2.24) is 19.5 Å². The van der Waals surface area contributed by atoms with Crippen molar-refractivity contribution in [2.24, 2.45) is 0 Å². The highest BCUT2D eigenvalue weighted by Crippen LogP contribution is 2.32. The first kappa shape index (κ1) is 21.0. The molecule has 0 unspecified atom stereocenters. The summed E-state index contributed by atoms with van der Waals surface area (Å²) in [4.78, 5) is 13.4. The van der Waals surface area contributed by atoms with E-state index in [1.807, 2.05) is 0 Å². The summed E-state index contributed by atoms with van der Waals surface area (Å²) in [6.45, 7) is 0.950. The molecule has 11 heteroatoms. The minimum absolute atomic E-state index is 0.137. The smallest absolute Gasteiger partial charge is 0.224 e. The molecule has 1 saturated heterocycles. The summed E-state index contributed by atoms with van der Waals surface area (Å²) in [5, 5.41) is 15.7. The normalized spacial score (nSPS) is 23.6. The summed E-state index contributed by atoms with van der Waals surface area (Å²) in [5.74, 6) is -2.52. The van der Waals surface area contributed by atoms with E-state index in [-0.39, 0.29) is 24.1 Å². The summed E-state index contributed by atoms with van der Waals surface area (Å²) < 4.78 is 49.1. The van der Waals surface area contributed by atoms with E-state index >= 15 is 0 Å². The van der Waals surface area contributed by atoms with Gasteiger partial charge in [-0.1, -0.05) is 0 Å². The van der Waals surface area contributed by atoms with Gasteiger partial charge < -0.3 is 20.5 Å². The van der Waals surface area contributed by atoms with Crippen molar-refractivity contribution in [3.8, 4) is 0 Å². The maximum absolute atomic E-state index is 14.3. The minimum Gasteiger partial charge on any atom is -0.393 e. The molecule has 1 atom stereocenters. The Morgan fingerprint density at radius 1 is 1.03 bits per heavy atom. The first-order valence-electron chi connectivity index (χ1n) is 10.7. The molecule has 170 valence electrons. The van der Waals surface area contributed by atoms with Crippen molar-refractivity contribution >= 4 is 28.7 Å². The minimum atomic E-state index is -1.06. The second kappa shape index (κ2) is 8.55. The van der Waals surface area contributed by atoms with Crippen molar-refractivity contribution in [2.75, 3.05) is 23.8 Å². The van der Waals surface area contributed by atoms with Gasteiger partial charge in [-0.25, -0.2) is 23.1 Å². The number of aromatic nitrogens is 4. The number of nitrogens with zero attached hydrogens (tertiary/aromatic N) is 4. The Balaban J connectivity index is 1.51. The third-order valence-electron chi connectivity index (χ3n) is 5.98. The molecule has 1 aromatic carbocycles. The van der Waals surface area contributed by atoms with Crippen molar-refractivity contribution < 1.29 is 23.0 Å². The molecule has 0 spiro atoms. The molecule has 3 N–H and O–H groups in total.